The minimum atomic E-state index is -4.41. The lowest BCUT2D eigenvalue weighted by atomic mass is 9.88. The van der Waals surface area contributed by atoms with E-state index in [1.54, 1.807) is 12.1 Å². The Morgan fingerprint density at radius 2 is 1.70 bits per heavy atom. The molecule has 2 atom stereocenters. The second-order valence-corrected chi connectivity index (χ2v) is 9.20. The van der Waals surface area contributed by atoms with Gasteiger partial charge in [-0.3, -0.25) is 10.1 Å². The van der Waals surface area contributed by atoms with Gasteiger partial charge in [-0.25, -0.2) is 4.39 Å². The predicted octanol–water partition coefficient (Wildman–Crippen LogP) is 4.81. The largest absolute Gasteiger partial charge is 0.416 e. The van der Waals surface area contributed by atoms with Crippen molar-refractivity contribution >= 4 is 5.91 Å². The predicted molar refractivity (Wildman–Crippen MR) is 130 cm³/mol. The SMILES string of the molecule is CNC(=O)[C@H](N[C@@H](CCc1ccc(C(F)(F)F)cc1)c1cccc(C2(O)COC2)c1)c1ccc(F)cc1. The molecule has 1 aliphatic rings. The monoisotopic (exact) mass is 516 g/mol. The van der Waals surface area contributed by atoms with Crippen LogP contribution in [0.2, 0.25) is 0 Å². The van der Waals surface area contributed by atoms with E-state index in [0.717, 1.165) is 17.7 Å². The highest BCUT2D eigenvalue weighted by molar-refractivity contribution is 5.83. The average molecular weight is 517 g/mol. The lowest BCUT2D eigenvalue weighted by molar-refractivity contribution is -0.184. The molecule has 196 valence electrons. The lowest BCUT2D eigenvalue weighted by Gasteiger charge is -2.37. The number of ether oxygens (including phenoxy) is 1. The zero-order chi connectivity index (χ0) is 26.6. The second kappa shape index (κ2) is 11.0. The number of aliphatic hydroxyl groups is 1. The molecule has 9 heteroatoms. The van der Waals surface area contributed by atoms with Gasteiger partial charge < -0.3 is 15.2 Å². The van der Waals surface area contributed by atoms with Crippen molar-refractivity contribution in [3.05, 3.63) is 106 Å². The Balaban J connectivity index is 1.63. The number of halogens is 4. The molecule has 0 spiro atoms. The van der Waals surface area contributed by atoms with Crippen LogP contribution in [0, 0.1) is 5.82 Å². The van der Waals surface area contributed by atoms with E-state index >= 15 is 0 Å². The summed E-state index contributed by atoms with van der Waals surface area (Å²) < 4.78 is 57.6. The minimum absolute atomic E-state index is 0.177. The van der Waals surface area contributed by atoms with Gasteiger partial charge in [0.1, 0.15) is 17.5 Å². The van der Waals surface area contributed by atoms with E-state index in [-0.39, 0.29) is 19.1 Å². The second-order valence-electron chi connectivity index (χ2n) is 9.20. The summed E-state index contributed by atoms with van der Waals surface area (Å²) in [5.74, 6) is -0.754. The van der Waals surface area contributed by atoms with Gasteiger partial charge in [0.05, 0.1) is 18.8 Å². The van der Waals surface area contributed by atoms with E-state index in [9.17, 15) is 27.5 Å². The number of benzene rings is 3. The molecular weight excluding hydrogens is 488 g/mol. The van der Waals surface area contributed by atoms with Crippen molar-refractivity contribution < 1.29 is 32.2 Å². The van der Waals surface area contributed by atoms with E-state index in [4.69, 9.17) is 4.74 Å². The van der Waals surface area contributed by atoms with Crippen LogP contribution in [0.25, 0.3) is 0 Å². The third-order valence-electron chi connectivity index (χ3n) is 6.59. The highest BCUT2D eigenvalue weighted by Crippen LogP contribution is 2.33. The number of aryl methyl sites for hydroxylation is 1. The summed E-state index contributed by atoms with van der Waals surface area (Å²) in [6.45, 7) is 0.354. The Morgan fingerprint density at radius 3 is 2.27 bits per heavy atom. The fourth-order valence-electron chi connectivity index (χ4n) is 4.35. The van der Waals surface area contributed by atoms with E-state index in [1.807, 2.05) is 12.1 Å². The molecule has 0 saturated carbocycles. The summed E-state index contributed by atoms with van der Waals surface area (Å²) in [6, 6.07) is 16.7. The zero-order valence-corrected chi connectivity index (χ0v) is 20.2. The van der Waals surface area contributed by atoms with Crippen LogP contribution in [0.3, 0.4) is 0 Å². The molecule has 0 unspecified atom stereocenters. The number of nitrogens with one attached hydrogen (secondary N) is 2. The molecule has 1 amide bonds. The normalized spacial score (nSPS) is 16.5. The van der Waals surface area contributed by atoms with Crippen molar-refractivity contribution in [2.75, 3.05) is 20.3 Å². The molecule has 3 N–H and O–H groups in total. The Morgan fingerprint density at radius 1 is 1.03 bits per heavy atom. The van der Waals surface area contributed by atoms with Crippen LogP contribution >= 0.6 is 0 Å². The fourth-order valence-corrected chi connectivity index (χ4v) is 4.35. The van der Waals surface area contributed by atoms with Gasteiger partial charge in [-0.1, -0.05) is 48.5 Å². The van der Waals surface area contributed by atoms with E-state index in [1.165, 1.54) is 43.4 Å². The average Bonchev–Trinajstić information content (AvgIpc) is 2.87. The third-order valence-corrected chi connectivity index (χ3v) is 6.59. The molecule has 1 heterocycles. The van der Waals surface area contributed by atoms with Crippen molar-refractivity contribution in [3.63, 3.8) is 0 Å². The standard InChI is InChI=1S/C28H28F4N2O3/c1-33-26(35)25(19-8-12-23(29)13-9-19)34-24(14-7-18-5-10-21(11-6-18)28(30,31)32)20-3-2-4-22(15-20)27(36)16-37-17-27/h2-6,8-13,15,24-25,34,36H,7,14,16-17H2,1H3,(H,33,35)/t24-,25+/m0/s1. The molecule has 0 aliphatic carbocycles. The first kappa shape index (κ1) is 26.8. The Kier molecular flexibility index (Phi) is 7.96. The van der Waals surface area contributed by atoms with Crippen molar-refractivity contribution in [1.29, 1.82) is 0 Å². The molecule has 3 aromatic carbocycles. The molecular formula is C28H28F4N2O3. The number of amides is 1. The molecule has 0 bridgehead atoms. The van der Waals surface area contributed by atoms with Gasteiger partial charge in [-0.15, -0.1) is 0 Å². The summed E-state index contributed by atoms with van der Waals surface area (Å²) in [6.07, 6.45) is -3.54. The zero-order valence-electron chi connectivity index (χ0n) is 20.2. The van der Waals surface area contributed by atoms with Gasteiger partial charge in [0.2, 0.25) is 5.91 Å². The Labute approximate surface area is 212 Å². The number of alkyl halides is 3. The Bertz CT molecular complexity index is 1210. The smallest absolute Gasteiger partial charge is 0.380 e. The minimum Gasteiger partial charge on any atom is -0.380 e. The molecule has 0 radical (unpaired) electrons. The van der Waals surface area contributed by atoms with Gasteiger partial charge in [0, 0.05) is 13.1 Å². The van der Waals surface area contributed by atoms with Crippen LogP contribution in [-0.2, 0) is 27.7 Å². The van der Waals surface area contributed by atoms with Crippen LogP contribution in [0.1, 0.15) is 46.3 Å². The van der Waals surface area contributed by atoms with Crippen molar-refractivity contribution in [1.82, 2.24) is 10.6 Å². The number of carbonyl (C=O) groups is 1. The Hall–Kier alpha value is -3.27. The van der Waals surface area contributed by atoms with Crippen LogP contribution in [0.5, 0.6) is 0 Å². The quantitative estimate of drug-likeness (QED) is 0.357. The van der Waals surface area contributed by atoms with Crippen LogP contribution < -0.4 is 10.6 Å². The van der Waals surface area contributed by atoms with Crippen molar-refractivity contribution in [2.45, 2.75) is 36.7 Å². The molecule has 37 heavy (non-hydrogen) atoms. The number of hydrogen-bond acceptors (Lipinski definition) is 4. The summed E-state index contributed by atoms with van der Waals surface area (Å²) in [7, 11) is 1.50. The molecule has 5 nitrogen and oxygen atoms in total. The topological polar surface area (TPSA) is 70.6 Å². The number of likely N-dealkylation sites (N-methyl/N-ethyl adjacent to an activating group) is 1. The first-order valence-corrected chi connectivity index (χ1v) is 11.9. The maximum atomic E-state index is 13.5. The molecule has 1 fully saturated rings. The first-order valence-electron chi connectivity index (χ1n) is 11.9. The van der Waals surface area contributed by atoms with Crippen molar-refractivity contribution in [3.8, 4) is 0 Å². The maximum Gasteiger partial charge on any atom is 0.416 e. The van der Waals surface area contributed by atoms with Crippen molar-refractivity contribution in [2.24, 2.45) is 0 Å². The van der Waals surface area contributed by atoms with Gasteiger partial charge in [-0.05, 0) is 59.4 Å². The third kappa shape index (κ3) is 6.36. The summed E-state index contributed by atoms with van der Waals surface area (Å²) >= 11 is 0. The highest BCUT2D eigenvalue weighted by atomic mass is 19.4. The summed E-state index contributed by atoms with van der Waals surface area (Å²) in [5, 5.41) is 16.7. The molecule has 0 aromatic heterocycles. The van der Waals surface area contributed by atoms with Crippen LogP contribution in [0.15, 0.2) is 72.8 Å². The highest BCUT2D eigenvalue weighted by Gasteiger charge is 2.38. The molecule has 4 rings (SSSR count). The summed E-state index contributed by atoms with van der Waals surface area (Å²) in [4.78, 5) is 12.8. The van der Waals surface area contributed by atoms with Crippen LogP contribution in [-0.4, -0.2) is 31.3 Å². The maximum absolute atomic E-state index is 13.5. The lowest BCUT2D eigenvalue weighted by Crippen LogP contribution is -2.46. The molecule has 1 aliphatic heterocycles. The number of hydrogen-bond donors (Lipinski definition) is 3. The number of rotatable bonds is 9. The van der Waals surface area contributed by atoms with Gasteiger partial charge in [0.25, 0.3) is 0 Å². The van der Waals surface area contributed by atoms with E-state index in [0.29, 0.717) is 29.5 Å². The molecule has 3 aromatic rings. The fraction of sp³-hybridized carbons (Fsp3) is 0.321. The van der Waals surface area contributed by atoms with Gasteiger partial charge in [0.15, 0.2) is 0 Å². The summed E-state index contributed by atoms with van der Waals surface area (Å²) in [5.41, 5.74) is 0.926. The number of carbonyl (C=O) groups excluding carboxylic acids is 1. The van der Waals surface area contributed by atoms with E-state index < -0.39 is 35.2 Å². The van der Waals surface area contributed by atoms with Gasteiger partial charge >= 0.3 is 6.18 Å². The molecule has 1 saturated heterocycles. The van der Waals surface area contributed by atoms with Crippen LogP contribution in [0.4, 0.5) is 17.6 Å². The van der Waals surface area contributed by atoms with Gasteiger partial charge in [-0.2, -0.15) is 13.2 Å². The first-order chi connectivity index (χ1) is 17.6. The van der Waals surface area contributed by atoms with E-state index in [2.05, 4.69) is 10.6 Å².